The monoisotopic (exact) mass is 200 g/mol. The molecule has 0 spiro atoms. The maximum absolute atomic E-state index is 8.53. The molecule has 14 heavy (non-hydrogen) atoms. The first-order valence-corrected chi connectivity index (χ1v) is 5.41. The van der Waals surface area contributed by atoms with Crippen LogP contribution in [0.1, 0.15) is 44.9 Å². The average Bonchev–Trinajstić information content (AvgIpc) is 2.15. The van der Waals surface area contributed by atoms with Gasteiger partial charge in [-0.25, -0.2) is 0 Å². The Kier molecular flexibility index (Phi) is 10.5. The van der Waals surface area contributed by atoms with Crippen LogP contribution in [0, 0.1) is 0 Å². The Morgan fingerprint density at radius 1 is 0.857 bits per heavy atom. The topological polar surface area (TPSA) is 60.7 Å². The van der Waals surface area contributed by atoms with Crippen molar-refractivity contribution in [2.24, 2.45) is 0 Å². The van der Waals surface area contributed by atoms with E-state index in [1.807, 2.05) is 0 Å². The van der Waals surface area contributed by atoms with Gasteiger partial charge in [-0.1, -0.05) is 37.7 Å². The summed E-state index contributed by atoms with van der Waals surface area (Å²) in [6.07, 6.45) is 9.41. The van der Waals surface area contributed by atoms with Gasteiger partial charge in [0.05, 0.1) is 0 Å². The van der Waals surface area contributed by atoms with Crippen molar-refractivity contribution in [1.29, 1.82) is 0 Å². The molecule has 82 valence electrons. The second-order valence-corrected chi connectivity index (χ2v) is 3.48. The number of aliphatic hydroxyl groups excluding tert-OH is 1. The minimum atomic E-state index is -1.31. The third-order valence-electron chi connectivity index (χ3n) is 2.09. The first kappa shape index (κ1) is 13.7. The lowest BCUT2D eigenvalue weighted by molar-refractivity contribution is 0.282. The van der Waals surface area contributed by atoms with Gasteiger partial charge in [0.1, 0.15) is 0 Å². The molecule has 0 aliphatic heterocycles. The highest BCUT2D eigenvalue weighted by atomic mass is 16.4. The van der Waals surface area contributed by atoms with E-state index >= 15 is 0 Å². The van der Waals surface area contributed by atoms with Gasteiger partial charge in [0, 0.05) is 6.61 Å². The second-order valence-electron chi connectivity index (χ2n) is 3.48. The van der Waals surface area contributed by atoms with Crippen molar-refractivity contribution in [3.05, 3.63) is 12.1 Å². The number of unbranched alkanes of at least 4 members (excludes halogenated alkanes) is 6. The fraction of sp³-hybridized carbons (Fsp3) is 0.800. The van der Waals surface area contributed by atoms with Crippen molar-refractivity contribution in [3.8, 4) is 0 Å². The number of hydrogen-bond acceptors (Lipinski definition) is 3. The highest BCUT2D eigenvalue weighted by Gasteiger charge is 1.96. The van der Waals surface area contributed by atoms with Crippen molar-refractivity contribution in [2.45, 2.75) is 44.9 Å². The van der Waals surface area contributed by atoms with Crippen LogP contribution in [0.15, 0.2) is 12.1 Å². The van der Waals surface area contributed by atoms with Gasteiger partial charge in [0.15, 0.2) is 0 Å². The maximum Gasteiger partial charge on any atom is 0.480 e. The van der Waals surface area contributed by atoms with E-state index in [-0.39, 0.29) is 0 Å². The molecule has 4 heteroatoms. The van der Waals surface area contributed by atoms with Gasteiger partial charge in [-0.2, -0.15) is 0 Å². The molecule has 0 atom stereocenters. The molecule has 3 N–H and O–H groups in total. The molecular formula is C10H21BO3. The minimum Gasteiger partial charge on any atom is -0.424 e. The highest BCUT2D eigenvalue weighted by molar-refractivity contribution is 6.47. The largest absolute Gasteiger partial charge is 0.480 e. The fourth-order valence-electron chi connectivity index (χ4n) is 1.30. The number of aliphatic hydroxyl groups is 1. The minimum absolute atomic E-state index is 0.303. The molecule has 0 aromatic rings. The van der Waals surface area contributed by atoms with E-state index in [4.69, 9.17) is 15.2 Å². The van der Waals surface area contributed by atoms with Crippen LogP contribution in [0.2, 0.25) is 0 Å². The van der Waals surface area contributed by atoms with Gasteiger partial charge in [-0.15, -0.1) is 0 Å². The molecule has 0 aliphatic rings. The standard InChI is InChI=1S/C10H21BO3/c12-10-8-6-4-2-1-3-5-7-9-11(13)14/h7,9,12-14H,1-6,8,10H2/b9-7+. The lowest BCUT2D eigenvalue weighted by Crippen LogP contribution is -2.05. The van der Waals surface area contributed by atoms with Crippen molar-refractivity contribution in [1.82, 2.24) is 0 Å². The lowest BCUT2D eigenvalue weighted by atomic mass is 9.91. The SMILES string of the molecule is OCCCCCCCC/C=C/B(O)O. The summed E-state index contributed by atoms with van der Waals surface area (Å²) in [4.78, 5) is 0. The zero-order valence-corrected chi connectivity index (χ0v) is 8.73. The molecule has 0 aliphatic carbocycles. The summed E-state index contributed by atoms with van der Waals surface area (Å²) in [5.41, 5.74) is 0. The average molecular weight is 200 g/mol. The summed E-state index contributed by atoms with van der Waals surface area (Å²) in [6.45, 7) is 0.303. The smallest absolute Gasteiger partial charge is 0.424 e. The molecule has 0 unspecified atom stereocenters. The number of allylic oxidation sites excluding steroid dienone is 1. The zero-order valence-electron chi connectivity index (χ0n) is 8.73. The van der Waals surface area contributed by atoms with Crippen LogP contribution >= 0.6 is 0 Å². The molecule has 0 aromatic heterocycles. The summed E-state index contributed by atoms with van der Waals surface area (Å²) in [5, 5.41) is 25.5. The quantitative estimate of drug-likeness (QED) is 0.388. The van der Waals surface area contributed by atoms with Gasteiger partial charge in [0.2, 0.25) is 0 Å². The molecule has 0 saturated carbocycles. The Hall–Kier alpha value is -0.315. The Morgan fingerprint density at radius 2 is 1.43 bits per heavy atom. The number of rotatable bonds is 9. The first-order valence-electron chi connectivity index (χ1n) is 5.41. The Bertz CT molecular complexity index is 137. The summed E-state index contributed by atoms with van der Waals surface area (Å²) in [7, 11) is -1.31. The summed E-state index contributed by atoms with van der Waals surface area (Å²) >= 11 is 0. The Balaban J connectivity index is 2.99. The van der Waals surface area contributed by atoms with E-state index < -0.39 is 7.12 Å². The molecule has 3 nitrogen and oxygen atoms in total. The van der Waals surface area contributed by atoms with Gasteiger partial charge < -0.3 is 15.2 Å². The van der Waals surface area contributed by atoms with Crippen LogP contribution in [-0.2, 0) is 0 Å². The maximum atomic E-state index is 8.53. The molecule has 0 radical (unpaired) electrons. The predicted molar refractivity (Wildman–Crippen MR) is 58.7 cm³/mol. The summed E-state index contributed by atoms with van der Waals surface area (Å²) in [6, 6.07) is 0. The normalized spacial score (nSPS) is 11.1. The van der Waals surface area contributed by atoms with Gasteiger partial charge in [-0.05, 0) is 19.3 Å². The van der Waals surface area contributed by atoms with E-state index in [9.17, 15) is 0 Å². The Labute approximate surface area is 86.6 Å². The highest BCUT2D eigenvalue weighted by Crippen LogP contribution is 2.07. The number of hydrogen-bond donors (Lipinski definition) is 3. The van der Waals surface area contributed by atoms with Crippen molar-refractivity contribution >= 4 is 7.12 Å². The predicted octanol–water partition coefficient (Wildman–Crippen LogP) is 1.28. The molecule has 0 bridgehead atoms. The van der Waals surface area contributed by atoms with Crippen LogP contribution in [0.3, 0.4) is 0 Å². The molecule has 0 fully saturated rings. The van der Waals surface area contributed by atoms with Crippen LogP contribution in [0.5, 0.6) is 0 Å². The van der Waals surface area contributed by atoms with E-state index in [0.29, 0.717) is 6.61 Å². The first-order chi connectivity index (χ1) is 6.77. The van der Waals surface area contributed by atoms with Crippen LogP contribution < -0.4 is 0 Å². The van der Waals surface area contributed by atoms with Crippen LogP contribution in [0.25, 0.3) is 0 Å². The molecule has 0 rings (SSSR count). The van der Waals surface area contributed by atoms with Gasteiger partial charge >= 0.3 is 7.12 Å². The molecule has 0 amide bonds. The van der Waals surface area contributed by atoms with Crippen LogP contribution in [-0.4, -0.2) is 28.9 Å². The third kappa shape index (κ3) is 11.7. The van der Waals surface area contributed by atoms with Crippen molar-refractivity contribution in [2.75, 3.05) is 6.61 Å². The molecule has 0 heterocycles. The van der Waals surface area contributed by atoms with Gasteiger partial charge in [0.25, 0.3) is 0 Å². The van der Waals surface area contributed by atoms with E-state index in [2.05, 4.69) is 0 Å². The molecular weight excluding hydrogens is 179 g/mol. The third-order valence-corrected chi connectivity index (χ3v) is 2.09. The zero-order chi connectivity index (χ0) is 10.6. The van der Waals surface area contributed by atoms with E-state index in [0.717, 1.165) is 25.7 Å². The summed E-state index contributed by atoms with van der Waals surface area (Å²) in [5.74, 6) is 1.39. The fourth-order valence-corrected chi connectivity index (χ4v) is 1.30. The van der Waals surface area contributed by atoms with Crippen molar-refractivity contribution < 1.29 is 15.2 Å². The van der Waals surface area contributed by atoms with E-state index in [1.165, 1.54) is 25.2 Å². The lowest BCUT2D eigenvalue weighted by Gasteiger charge is -1.98. The van der Waals surface area contributed by atoms with Crippen molar-refractivity contribution in [3.63, 3.8) is 0 Å². The van der Waals surface area contributed by atoms with Gasteiger partial charge in [-0.3, -0.25) is 0 Å². The summed E-state index contributed by atoms with van der Waals surface area (Å²) < 4.78 is 0. The second kappa shape index (κ2) is 10.8. The Morgan fingerprint density at radius 3 is 2.00 bits per heavy atom. The van der Waals surface area contributed by atoms with Crippen LogP contribution in [0.4, 0.5) is 0 Å². The van der Waals surface area contributed by atoms with E-state index in [1.54, 1.807) is 6.08 Å². The molecule has 0 aromatic carbocycles. The molecule has 0 saturated heterocycles.